The van der Waals surface area contributed by atoms with Gasteiger partial charge >= 0.3 is 0 Å². The fourth-order valence-corrected chi connectivity index (χ4v) is 1.96. The van der Waals surface area contributed by atoms with E-state index in [9.17, 15) is 0 Å². The second-order valence-corrected chi connectivity index (χ2v) is 4.38. The summed E-state index contributed by atoms with van der Waals surface area (Å²) in [5.41, 5.74) is 2.70. The molecule has 5 nitrogen and oxygen atoms in total. The lowest BCUT2D eigenvalue weighted by Gasteiger charge is -2.09. The molecule has 20 heavy (non-hydrogen) atoms. The zero-order valence-electron chi connectivity index (χ0n) is 11.3. The van der Waals surface area contributed by atoms with Crippen molar-refractivity contribution < 1.29 is 0 Å². The monoisotopic (exact) mass is 265 g/mol. The molecule has 1 aromatic heterocycles. The highest BCUT2D eigenvalue weighted by atomic mass is 15.3. The Morgan fingerprint density at radius 3 is 2.70 bits per heavy atom. The number of aryl methyl sites for hydroxylation is 1. The Labute approximate surface area is 118 Å². The first-order chi connectivity index (χ1) is 9.78. The van der Waals surface area contributed by atoms with Crippen LogP contribution in [0.15, 0.2) is 30.5 Å². The first-order valence-electron chi connectivity index (χ1n) is 6.47. The van der Waals surface area contributed by atoms with Crippen molar-refractivity contribution in [1.82, 2.24) is 9.78 Å². The maximum Gasteiger partial charge on any atom is 0.101 e. The maximum atomic E-state index is 9.00. The lowest BCUT2D eigenvalue weighted by molar-refractivity contribution is 0.578. The molecule has 0 radical (unpaired) electrons. The van der Waals surface area contributed by atoms with Gasteiger partial charge in [0.05, 0.1) is 23.4 Å². The van der Waals surface area contributed by atoms with Crippen LogP contribution in [0.4, 0.5) is 5.69 Å². The third-order valence-corrected chi connectivity index (χ3v) is 2.97. The SMILES string of the molecule is CCCn1nccc1CNc1ccc(C#N)c(C#N)c1. The van der Waals surface area contributed by atoms with E-state index in [2.05, 4.69) is 17.3 Å². The van der Waals surface area contributed by atoms with E-state index in [0.717, 1.165) is 24.3 Å². The van der Waals surface area contributed by atoms with Crippen LogP contribution < -0.4 is 5.32 Å². The van der Waals surface area contributed by atoms with Crippen molar-refractivity contribution in [3.05, 3.63) is 47.3 Å². The van der Waals surface area contributed by atoms with Gasteiger partial charge in [0.1, 0.15) is 12.1 Å². The van der Waals surface area contributed by atoms with E-state index in [1.54, 1.807) is 24.4 Å². The fraction of sp³-hybridized carbons (Fsp3) is 0.267. The van der Waals surface area contributed by atoms with E-state index in [-0.39, 0.29) is 0 Å². The van der Waals surface area contributed by atoms with E-state index in [1.165, 1.54) is 0 Å². The van der Waals surface area contributed by atoms with Gasteiger partial charge in [0.2, 0.25) is 0 Å². The molecule has 0 amide bonds. The molecule has 0 aliphatic carbocycles. The molecular formula is C15H15N5. The highest BCUT2D eigenvalue weighted by molar-refractivity contribution is 5.56. The average molecular weight is 265 g/mol. The summed E-state index contributed by atoms with van der Waals surface area (Å²) >= 11 is 0. The molecule has 0 aliphatic rings. The fourth-order valence-electron chi connectivity index (χ4n) is 1.96. The molecule has 0 saturated heterocycles. The molecule has 1 N–H and O–H groups in total. The summed E-state index contributed by atoms with van der Waals surface area (Å²) < 4.78 is 1.96. The summed E-state index contributed by atoms with van der Waals surface area (Å²) in [5, 5.41) is 25.4. The van der Waals surface area contributed by atoms with Crippen LogP contribution in [0, 0.1) is 22.7 Å². The van der Waals surface area contributed by atoms with Crippen molar-refractivity contribution in [2.75, 3.05) is 5.32 Å². The number of nitrogens with zero attached hydrogens (tertiary/aromatic N) is 4. The van der Waals surface area contributed by atoms with Crippen LogP contribution in [0.5, 0.6) is 0 Å². The summed E-state index contributed by atoms with van der Waals surface area (Å²) in [7, 11) is 0. The van der Waals surface area contributed by atoms with Gasteiger partial charge in [0.25, 0.3) is 0 Å². The summed E-state index contributed by atoms with van der Waals surface area (Å²) in [6.45, 7) is 3.64. The molecule has 0 saturated carbocycles. The van der Waals surface area contributed by atoms with Gasteiger partial charge in [-0.05, 0) is 30.7 Å². The Bertz CT molecular complexity index is 672. The lowest BCUT2D eigenvalue weighted by Crippen LogP contribution is -2.09. The molecule has 0 fully saturated rings. The molecule has 0 aliphatic heterocycles. The zero-order chi connectivity index (χ0) is 14.4. The Morgan fingerprint density at radius 1 is 1.20 bits per heavy atom. The van der Waals surface area contributed by atoms with Crippen LogP contribution in [-0.4, -0.2) is 9.78 Å². The van der Waals surface area contributed by atoms with Crippen molar-refractivity contribution in [3.8, 4) is 12.1 Å². The third-order valence-electron chi connectivity index (χ3n) is 2.97. The highest BCUT2D eigenvalue weighted by Crippen LogP contribution is 2.15. The predicted octanol–water partition coefficient (Wildman–Crippen LogP) is 2.65. The van der Waals surface area contributed by atoms with Gasteiger partial charge in [-0.2, -0.15) is 15.6 Å². The number of nitriles is 2. The van der Waals surface area contributed by atoms with E-state index in [4.69, 9.17) is 10.5 Å². The lowest BCUT2D eigenvalue weighted by atomic mass is 10.1. The molecule has 0 atom stereocenters. The van der Waals surface area contributed by atoms with E-state index in [1.807, 2.05) is 22.9 Å². The Hall–Kier alpha value is -2.79. The average Bonchev–Trinajstić information content (AvgIpc) is 2.92. The summed E-state index contributed by atoms with van der Waals surface area (Å²) in [6, 6.07) is 11.2. The zero-order valence-corrected chi connectivity index (χ0v) is 11.3. The molecule has 5 heteroatoms. The number of hydrogen-bond acceptors (Lipinski definition) is 4. The van der Waals surface area contributed by atoms with Crippen LogP contribution in [0.2, 0.25) is 0 Å². The molecular weight excluding hydrogens is 250 g/mol. The van der Waals surface area contributed by atoms with Gasteiger partial charge < -0.3 is 5.32 Å². The molecule has 2 rings (SSSR count). The van der Waals surface area contributed by atoms with Crippen molar-refractivity contribution in [3.63, 3.8) is 0 Å². The van der Waals surface area contributed by atoms with Crippen LogP contribution in [0.1, 0.15) is 30.2 Å². The van der Waals surface area contributed by atoms with Gasteiger partial charge in [0, 0.05) is 18.4 Å². The molecule has 2 aromatic rings. The minimum atomic E-state index is 0.388. The molecule has 0 spiro atoms. The summed E-state index contributed by atoms with van der Waals surface area (Å²) in [6.07, 6.45) is 2.82. The summed E-state index contributed by atoms with van der Waals surface area (Å²) in [4.78, 5) is 0. The van der Waals surface area contributed by atoms with Gasteiger partial charge in [0.15, 0.2) is 0 Å². The molecule has 1 aromatic carbocycles. The third kappa shape index (κ3) is 2.96. The Kier molecular flexibility index (Phi) is 4.36. The number of nitrogens with one attached hydrogen (secondary N) is 1. The molecule has 0 unspecified atom stereocenters. The first kappa shape index (κ1) is 13.6. The molecule has 1 heterocycles. The quantitative estimate of drug-likeness (QED) is 0.901. The van der Waals surface area contributed by atoms with Gasteiger partial charge in [-0.25, -0.2) is 0 Å². The largest absolute Gasteiger partial charge is 0.379 e. The van der Waals surface area contributed by atoms with Crippen LogP contribution in [0.3, 0.4) is 0 Å². The van der Waals surface area contributed by atoms with E-state index >= 15 is 0 Å². The van der Waals surface area contributed by atoms with Gasteiger partial charge in [-0.15, -0.1) is 0 Å². The van der Waals surface area contributed by atoms with Crippen molar-refractivity contribution in [1.29, 1.82) is 10.5 Å². The summed E-state index contributed by atoms with van der Waals surface area (Å²) in [5.74, 6) is 0. The highest BCUT2D eigenvalue weighted by Gasteiger charge is 2.04. The van der Waals surface area contributed by atoms with E-state index < -0.39 is 0 Å². The van der Waals surface area contributed by atoms with Crippen molar-refractivity contribution in [2.24, 2.45) is 0 Å². The first-order valence-corrected chi connectivity index (χ1v) is 6.47. The number of hydrogen-bond donors (Lipinski definition) is 1. The van der Waals surface area contributed by atoms with Crippen LogP contribution >= 0.6 is 0 Å². The van der Waals surface area contributed by atoms with Crippen LogP contribution in [0.25, 0.3) is 0 Å². The minimum Gasteiger partial charge on any atom is -0.379 e. The second kappa shape index (κ2) is 6.40. The maximum absolute atomic E-state index is 9.00. The Balaban J connectivity index is 2.10. The molecule has 100 valence electrons. The number of rotatable bonds is 5. The standard InChI is InChI=1S/C15H15N5/c1-2-7-20-15(5-6-19-20)11-18-14-4-3-12(9-16)13(8-14)10-17/h3-6,8,18H,2,7,11H2,1H3. The number of benzene rings is 1. The number of anilines is 1. The van der Waals surface area contributed by atoms with Gasteiger partial charge in [-0.1, -0.05) is 6.92 Å². The van der Waals surface area contributed by atoms with Crippen LogP contribution in [-0.2, 0) is 13.1 Å². The predicted molar refractivity (Wildman–Crippen MR) is 75.7 cm³/mol. The van der Waals surface area contributed by atoms with E-state index in [0.29, 0.717) is 17.7 Å². The number of aromatic nitrogens is 2. The van der Waals surface area contributed by atoms with Gasteiger partial charge in [-0.3, -0.25) is 4.68 Å². The normalized spacial score (nSPS) is 9.75. The minimum absolute atomic E-state index is 0.388. The topological polar surface area (TPSA) is 77.4 Å². The molecule has 0 bridgehead atoms. The van der Waals surface area contributed by atoms with Crippen molar-refractivity contribution >= 4 is 5.69 Å². The smallest absolute Gasteiger partial charge is 0.101 e. The van der Waals surface area contributed by atoms with Crippen molar-refractivity contribution in [2.45, 2.75) is 26.4 Å². The Morgan fingerprint density at radius 2 is 2.00 bits per heavy atom. The second-order valence-electron chi connectivity index (χ2n) is 4.38.